The van der Waals surface area contributed by atoms with Crippen molar-refractivity contribution in [3.63, 3.8) is 0 Å². The van der Waals surface area contributed by atoms with Crippen molar-refractivity contribution in [2.75, 3.05) is 34.4 Å². The van der Waals surface area contributed by atoms with E-state index >= 15 is 0 Å². The Kier molecular flexibility index (Phi) is 5.71. The molecule has 164 valence electrons. The second kappa shape index (κ2) is 8.30. The highest BCUT2D eigenvalue weighted by Gasteiger charge is 2.41. The average molecular weight is 426 g/mol. The Bertz CT molecular complexity index is 1010. The lowest BCUT2D eigenvalue weighted by Gasteiger charge is -2.42. The molecule has 2 aliphatic rings. The van der Waals surface area contributed by atoms with Gasteiger partial charge in [-0.15, -0.1) is 0 Å². The van der Waals surface area contributed by atoms with Crippen LogP contribution in [-0.4, -0.2) is 49.5 Å². The van der Waals surface area contributed by atoms with Gasteiger partial charge in [0.05, 0.1) is 39.3 Å². The van der Waals surface area contributed by atoms with Crippen LogP contribution in [0.15, 0.2) is 36.4 Å². The maximum Gasteiger partial charge on any atom is 0.269 e. The van der Waals surface area contributed by atoms with Crippen LogP contribution in [0.25, 0.3) is 0 Å². The first kappa shape index (κ1) is 21.3. The predicted molar refractivity (Wildman–Crippen MR) is 117 cm³/mol. The number of methoxy groups -OCH3 is 2. The Balaban J connectivity index is 1.43. The Morgan fingerprint density at radius 3 is 2.42 bits per heavy atom. The number of likely N-dealkylation sites (tertiary alicyclic amines) is 1. The number of piperidine rings is 1. The summed E-state index contributed by atoms with van der Waals surface area (Å²) in [7, 11) is 5.40. The van der Waals surface area contributed by atoms with Crippen LogP contribution in [0.1, 0.15) is 34.3 Å². The van der Waals surface area contributed by atoms with Gasteiger partial charge in [0.2, 0.25) is 0 Å². The molecule has 2 aromatic carbocycles. The van der Waals surface area contributed by atoms with Gasteiger partial charge >= 0.3 is 0 Å². The Morgan fingerprint density at radius 2 is 1.77 bits per heavy atom. The number of quaternary nitrogens is 1. The number of ether oxygens (including phenoxy) is 2. The third-order valence-electron chi connectivity index (χ3n) is 6.99. The molecule has 0 N–H and O–H groups in total. The molecule has 1 unspecified atom stereocenters. The summed E-state index contributed by atoms with van der Waals surface area (Å²) in [4.78, 5) is 23.9. The van der Waals surface area contributed by atoms with Gasteiger partial charge in [0.25, 0.3) is 5.69 Å². The number of hydrogen-bond donors (Lipinski definition) is 0. The van der Waals surface area contributed by atoms with Crippen molar-refractivity contribution < 1.29 is 23.7 Å². The zero-order valence-corrected chi connectivity index (χ0v) is 18.3. The second-order valence-corrected chi connectivity index (χ2v) is 9.03. The molecular weight excluding hydrogens is 396 g/mol. The summed E-state index contributed by atoms with van der Waals surface area (Å²) in [6, 6.07) is 10.7. The van der Waals surface area contributed by atoms with Gasteiger partial charge < -0.3 is 14.0 Å². The fourth-order valence-electron chi connectivity index (χ4n) is 5.21. The molecule has 4 rings (SSSR count). The molecule has 1 aliphatic carbocycles. The molecule has 1 fully saturated rings. The van der Waals surface area contributed by atoms with Gasteiger partial charge in [-0.25, -0.2) is 0 Å². The van der Waals surface area contributed by atoms with E-state index in [1.807, 2.05) is 18.2 Å². The molecule has 0 bridgehead atoms. The van der Waals surface area contributed by atoms with Crippen LogP contribution in [0.5, 0.6) is 11.5 Å². The lowest BCUT2D eigenvalue weighted by Crippen LogP contribution is -2.50. The predicted octanol–water partition coefficient (Wildman–Crippen LogP) is 4.02. The van der Waals surface area contributed by atoms with E-state index in [0.29, 0.717) is 17.4 Å². The number of nitro benzene ring substituents is 1. The van der Waals surface area contributed by atoms with Crippen molar-refractivity contribution in [2.24, 2.45) is 11.8 Å². The standard InChI is InChI=1S/C24H29N2O5/c1-26(15-16-5-4-6-19(11-16)25(28)29)9-7-17(8-10-26)20-12-18-13-22(30-2)23(31-3)14-21(18)24(20)27/h4-6,11,13-14,17,20H,7-10,12,15H2,1-3H3/q+1. The summed E-state index contributed by atoms with van der Waals surface area (Å²) in [5, 5.41) is 11.1. The van der Waals surface area contributed by atoms with Crippen LogP contribution < -0.4 is 9.47 Å². The minimum absolute atomic E-state index is 0.0124. The zero-order valence-electron chi connectivity index (χ0n) is 18.3. The number of fused-ring (bicyclic) bond motifs is 1. The maximum atomic E-state index is 13.2. The number of rotatable bonds is 6. The summed E-state index contributed by atoms with van der Waals surface area (Å²) in [5.74, 6) is 1.85. The molecule has 0 amide bonds. The van der Waals surface area contributed by atoms with Crippen molar-refractivity contribution >= 4 is 11.5 Å². The van der Waals surface area contributed by atoms with Crippen LogP contribution in [0.3, 0.4) is 0 Å². The first-order chi connectivity index (χ1) is 14.8. The molecular formula is C24H29N2O5+. The van der Waals surface area contributed by atoms with Gasteiger partial charge in [-0.2, -0.15) is 0 Å². The number of non-ortho nitro benzene ring substituents is 1. The van der Waals surface area contributed by atoms with Crippen molar-refractivity contribution in [1.82, 2.24) is 0 Å². The maximum absolute atomic E-state index is 13.2. The molecule has 1 heterocycles. The van der Waals surface area contributed by atoms with Gasteiger partial charge in [0, 0.05) is 42.0 Å². The Labute approximate surface area is 182 Å². The normalized spacial score (nSPS) is 25.2. The quantitative estimate of drug-likeness (QED) is 0.397. The Hall–Kier alpha value is -2.93. The number of nitrogens with zero attached hydrogens (tertiary/aromatic N) is 2. The van der Waals surface area contributed by atoms with E-state index in [2.05, 4.69) is 7.05 Å². The van der Waals surface area contributed by atoms with Gasteiger partial charge in [0.15, 0.2) is 17.3 Å². The van der Waals surface area contributed by atoms with Gasteiger partial charge in [0.1, 0.15) is 6.54 Å². The number of Topliss-reactive ketones (excluding diaryl/α,β-unsaturated/α-hetero) is 1. The topological polar surface area (TPSA) is 78.7 Å². The summed E-state index contributed by atoms with van der Waals surface area (Å²) in [5.41, 5.74) is 2.94. The van der Waals surface area contributed by atoms with Crippen molar-refractivity contribution in [2.45, 2.75) is 25.8 Å². The number of nitro groups is 1. The molecule has 0 spiro atoms. The molecule has 31 heavy (non-hydrogen) atoms. The summed E-state index contributed by atoms with van der Waals surface area (Å²) in [6.45, 7) is 2.68. The first-order valence-electron chi connectivity index (χ1n) is 10.7. The highest BCUT2D eigenvalue weighted by Crippen LogP contribution is 2.41. The van der Waals surface area contributed by atoms with E-state index in [9.17, 15) is 14.9 Å². The van der Waals surface area contributed by atoms with Crippen LogP contribution in [0, 0.1) is 22.0 Å². The first-order valence-corrected chi connectivity index (χ1v) is 10.7. The fourth-order valence-corrected chi connectivity index (χ4v) is 5.21. The summed E-state index contributed by atoms with van der Waals surface area (Å²) < 4.78 is 11.6. The van der Waals surface area contributed by atoms with Gasteiger partial charge in [-0.05, 0) is 30.0 Å². The number of hydrogen-bond acceptors (Lipinski definition) is 5. The molecule has 1 atom stereocenters. The average Bonchev–Trinajstić information content (AvgIpc) is 3.08. The van der Waals surface area contributed by atoms with Crippen LogP contribution in [0.4, 0.5) is 5.69 Å². The minimum atomic E-state index is -0.344. The highest BCUT2D eigenvalue weighted by atomic mass is 16.6. The van der Waals surface area contributed by atoms with Gasteiger partial charge in [-0.1, -0.05) is 12.1 Å². The lowest BCUT2D eigenvalue weighted by atomic mass is 9.81. The monoisotopic (exact) mass is 425 g/mol. The SMILES string of the molecule is COc1cc2c(cc1OC)C(=O)C(C1CC[N+](C)(Cc3cccc([N+](=O)[O-])c3)CC1)C2. The van der Waals surface area contributed by atoms with E-state index in [1.165, 1.54) is 6.07 Å². The number of benzene rings is 2. The molecule has 1 aliphatic heterocycles. The Morgan fingerprint density at radius 1 is 1.10 bits per heavy atom. The molecule has 0 aromatic heterocycles. The number of carbonyl (C=O) groups excluding carboxylic acids is 1. The molecule has 0 saturated carbocycles. The van der Waals surface area contributed by atoms with Gasteiger partial charge in [-0.3, -0.25) is 14.9 Å². The van der Waals surface area contributed by atoms with E-state index in [0.717, 1.165) is 60.1 Å². The highest BCUT2D eigenvalue weighted by molar-refractivity contribution is 6.03. The van der Waals surface area contributed by atoms with Crippen LogP contribution in [-0.2, 0) is 13.0 Å². The minimum Gasteiger partial charge on any atom is -0.493 e. The van der Waals surface area contributed by atoms with Crippen LogP contribution in [0.2, 0.25) is 0 Å². The molecule has 2 aromatic rings. The largest absolute Gasteiger partial charge is 0.493 e. The third kappa shape index (κ3) is 4.14. The third-order valence-corrected chi connectivity index (χ3v) is 6.99. The molecule has 7 nitrogen and oxygen atoms in total. The lowest BCUT2D eigenvalue weighted by molar-refractivity contribution is -0.928. The fraction of sp³-hybridized carbons (Fsp3) is 0.458. The number of carbonyl (C=O) groups is 1. The second-order valence-electron chi connectivity index (χ2n) is 9.03. The molecule has 0 radical (unpaired) electrons. The van der Waals surface area contributed by atoms with E-state index in [4.69, 9.17) is 9.47 Å². The van der Waals surface area contributed by atoms with E-state index < -0.39 is 0 Å². The zero-order chi connectivity index (χ0) is 22.2. The van der Waals surface area contributed by atoms with Crippen molar-refractivity contribution in [3.8, 4) is 11.5 Å². The number of ketones is 1. The van der Waals surface area contributed by atoms with Crippen molar-refractivity contribution in [3.05, 3.63) is 63.2 Å². The van der Waals surface area contributed by atoms with E-state index in [-0.39, 0.29) is 22.3 Å². The molecule has 7 heteroatoms. The summed E-state index contributed by atoms with van der Waals surface area (Å²) >= 11 is 0. The van der Waals surface area contributed by atoms with Crippen LogP contribution >= 0.6 is 0 Å². The summed E-state index contributed by atoms with van der Waals surface area (Å²) in [6.07, 6.45) is 2.71. The molecule has 1 saturated heterocycles. The smallest absolute Gasteiger partial charge is 0.269 e. The van der Waals surface area contributed by atoms with E-state index in [1.54, 1.807) is 26.4 Å². The van der Waals surface area contributed by atoms with Crippen molar-refractivity contribution in [1.29, 1.82) is 0 Å².